The van der Waals surface area contributed by atoms with Gasteiger partial charge in [-0.05, 0) is 44.7 Å². The first-order chi connectivity index (χ1) is 9.20. The van der Waals surface area contributed by atoms with Crippen molar-refractivity contribution in [1.29, 1.82) is 0 Å². The number of hydrogen-bond acceptors (Lipinski definition) is 3. The van der Waals surface area contributed by atoms with E-state index < -0.39 is 0 Å². The maximum atomic E-state index is 12.2. The van der Waals surface area contributed by atoms with Gasteiger partial charge in [-0.3, -0.25) is 4.79 Å². The monoisotopic (exact) mass is 303 g/mol. The van der Waals surface area contributed by atoms with E-state index in [0.717, 1.165) is 32.4 Å². The van der Waals surface area contributed by atoms with Gasteiger partial charge in [0.15, 0.2) is 0 Å². The second kappa shape index (κ2) is 8.85. The maximum Gasteiger partial charge on any atom is 0.239 e. The maximum absolute atomic E-state index is 12.2. The molecule has 2 rings (SSSR count). The van der Waals surface area contributed by atoms with E-state index >= 15 is 0 Å². The van der Waals surface area contributed by atoms with Gasteiger partial charge in [-0.1, -0.05) is 19.8 Å². The molecule has 2 fully saturated rings. The van der Waals surface area contributed by atoms with Crippen LogP contribution in [0.2, 0.25) is 0 Å². The summed E-state index contributed by atoms with van der Waals surface area (Å²) in [4.78, 5) is 16.7. The average molecular weight is 304 g/mol. The molecule has 0 radical (unpaired) electrons. The Morgan fingerprint density at radius 1 is 1.25 bits per heavy atom. The Kier molecular flexibility index (Phi) is 7.85. The van der Waals surface area contributed by atoms with E-state index in [2.05, 4.69) is 11.8 Å². The van der Waals surface area contributed by atoms with Crippen LogP contribution in [0.25, 0.3) is 0 Å². The van der Waals surface area contributed by atoms with Crippen LogP contribution in [0.5, 0.6) is 0 Å². The van der Waals surface area contributed by atoms with E-state index in [4.69, 9.17) is 5.73 Å². The summed E-state index contributed by atoms with van der Waals surface area (Å²) in [6.45, 7) is 7.59. The minimum Gasteiger partial charge on any atom is -0.341 e. The minimum atomic E-state index is -0.279. The molecule has 0 saturated carbocycles. The van der Waals surface area contributed by atoms with Crippen LogP contribution >= 0.6 is 12.4 Å². The molecule has 2 aliphatic heterocycles. The number of rotatable bonds is 5. The molecular weight excluding hydrogens is 274 g/mol. The van der Waals surface area contributed by atoms with Gasteiger partial charge in [0, 0.05) is 19.6 Å². The lowest BCUT2D eigenvalue weighted by Gasteiger charge is -2.29. The predicted octanol–water partition coefficient (Wildman–Crippen LogP) is 1.87. The summed E-state index contributed by atoms with van der Waals surface area (Å²) in [5.41, 5.74) is 5.94. The SMILES string of the molecule is CCCC(N)C(=O)N1CCC(CN2CCCCC2)C1.Cl. The van der Waals surface area contributed by atoms with E-state index in [-0.39, 0.29) is 24.4 Å². The first-order valence-corrected chi connectivity index (χ1v) is 7.97. The molecule has 5 heteroatoms. The molecule has 2 saturated heterocycles. The van der Waals surface area contributed by atoms with Crippen molar-refractivity contribution in [1.82, 2.24) is 9.80 Å². The second-order valence-electron chi connectivity index (χ2n) is 6.20. The second-order valence-corrected chi connectivity index (χ2v) is 6.20. The molecule has 0 aromatic heterocycles. The van der Waals surface area contributed by atoms with Crippen molar-refractivity contribution in [2.75, 3.05) is 32.7 Å². The van der Waals surface area contributed by atoms with Crippen molar-refractivity contribution in [3.05, 3.63) is 0 Å². The molecule has 0 aliphatic carbocycles. The molecule has 118 valence electrons. The van der Waals surface area contributed by atoms with Gasteiger partial charge in [-0.25, -0.2) is 0 Å². The van der Waals surface area contributed by atoms with Gasteiger partial charge in [-0.15, -0.1) is 12.4 Å². The van der Waals surface area contributed by atoms with Crippen molar-refractivity contribution in [2.45, 2.75) is 51.5 Å². The number of nitrogens with zero attached hydrogens (tertiary/aromatic N) is 2. The first kappa shape index (κ1) is 17.7. The molecule has 2 N–H and O–H groups in total. The zero-order valence-corrected chi connectivity index (χ0v) is 13.5. The Hall–Kier alpha value is -0.320. The lowest BCUT2D eigenvalue weighted by atomic mass is 10.1. The summed E-state index contributed by atoms with van der Waals surface area (Å²) in [5, 5.41) is 0. The highest BCUT2D eigenvalue weighted by molar-refractivity contribution is 5.85. The number of piperidine rings is 1. The molecule has 0 aromatic carbocycles. The van der Waals surface area contributed by atoms with Crippen LogP contribution in [0.1, 0.15) is 45.4 Å². The van der Waals surface area contributed by atoms with Crippen LogP contribution < -0.4 is 5.73 Å². The molecular formula is C15H30ClN3O. The number of halogens is 1. The summed E-state index contributed by atoms with van der Waals surface area (Å²) >= 11 is 0. The lowest BCUT2D eigenvalue weighted by Crippen LogP contribution is -2.43. The average Bonchev–Trinajstić information content (AvgIpc) is 2.88. The normalized spacial score (nSPS) is 25.3. The molecule has 1 amide bonds. The van der Waals surface area contributed by atoms with Crippen LogP contribution in [0, 0.1) is 5.92 Å². The number of amides is 1. The third-order valence-corrected chi connectivity index (χ3v) is 4.48. The van der Waals surface area contributed by atoms with Crippen molar-refractivity contribution < 1.29 is 4.79 Å². The first-order valence-electron chi connectivity index (χ1n) is 7.97. The molecule has 2 atom stereocenters. The highest BCUT2D eigenvalue weighted by Crippen LogP contribution is 2.20. The van der Waals surface area contributed by atoms with Crippen LogP contribution in [0.3, 0.4) is 0 Å². The van der Waals surface area contributed by atoms with Gasteiger partial charge in [-0.2, -0.15) is 0 Å². The van der Waals surface area contributed by atoms with Gasteiger partial charge in [0.25, 0.3) is 0 Å². The largest absolute Gasteiger partial charge is 0.341 e. The number of hydrogen-bond donors (Lipinski definition) is 1. The fraction of sp³-hybridized carbons (Fsp3) is 0.933. The van der Waals surface area contributed by atoms with Crippen LogP contribution in [-0.2, 0) is 4.79 Å². The summed E-state index contributed by atoms with van der Waals surface area (Å²) in [6, 6.07) is -0.279. The topological polar surface area (TPSA) is 49.6 Å². The smallest absolute Gasteiger partial charge is 0.239 e. The molecule has 0 spiro atoms. The summed E-state index contributed by atoms with van der Waals surface area (Å²) in [6.07, 6.45) is 7.02. The van der Waals surface area contributed by atoms with Crippen molar-refractivity contribution >= 4 is 18.3 Å². The Morgan fingerprint density at radius 2 is 1.95 bits per heavy atom. The number of likely N-dealkylation sites (tertiary alicyclic amines) is 2. The zero-order chi connectivity index (χ0) is 13.7. The van der Waals surface area contributed by atoms with Gasteiger partial charge in [0.05, 0.1) is 6.04 Å². The van der Waals surface area contributed by atoms with Gasteiger partial charge < -0.3 is 15.5 Å². The molecule has 4 nitrogen and oxygen atoms in total. The fourth-order valence-corrected chi connectivity index (χ4v) is 3.36. The minimum absolute atomic E-state index is 0. The van der Waals surface area contributed by atoms with E-state index in [1.54, 1.807) is 0 Å². The Bertz CT molecular complexity index is 295. The van der Waals surface area contributed by atoms with Crippen LogP contribution in [-0.4, -0.2) is 54.5 Å². The quantitative estimate of drug-likeness (QED) is 0.843. The van der Waals surface area contributed by atoms with Crippen molar-refractivity contribution in [3.63, 3.8) is 0 Å². The van der Waals surface area contributed by atoms with Crippen molar-refractivity contribution in [3.8, 4) is 0 Å². The summed E-state index contributed by atoms with van der Waals surface area (Å²) < 4.78 is 0. The molecule has 20 heavy (non-hydrogen) atoms. The van der Waals surface area contributed by atoms with Crippen LogP contribution in [0.4, 0.5) is 0 Å². The Labute approximate surface area is 129 Å². The van der Waals surface area contributed by atoms with Crippen molar-refractivity contribution in [2.24, 2.45) is 11.7 Å². The van der Waals surface area contributed by atoms with E-state index in [9.17, 15) is 4.79 Å². The fourth-order valence-electron chi connectivity index (χ4n) is 3.36. The summed E-state index contributed by atoms with van der Waals surface area (Å²) in [5.74, 6) is 0.832. The Morgan fingerprint density at radius 3 is 2.60 bits per heavy atom. The molecule has 2 heterocycles. The van der Waals surface area contributed by atoms with E-state index in [1.807, 2.05) is 4.90 Å². The molecule has 2 unspecified atom stereocenters. The molecule has 0 aromatic rings. The summed E-state index contributed by atoms with van der Waals surface area (Å²) in [7, 11) is 0. The van der Waals surface area contributed by atoms with Gasteiger partial charge in [0.1, 0.15) is 0 Å². The Balaban J connectivity index is 0.00000200. The third-order valence-electron chi connectivity index (χ3n) is 4.48. The predicted molar refractivity (Wildman–Crippen MR) is 85.1 cm³/mol. The highest BCUT2D eigenvalue weighted by Gasteiger charge is 2.30. The zero-order valence-electron chi connectivity index (χ0n) is 12.7. The van der Waals surface area contributed by atoms with E-state index in [0.29, 0.717) is 5.92 Å². The van der Waals surface area contributed by atoms with Gasteiger partial charge in [0.2, 0.25) is 5.91 Å². The molecule has 2 aliphatic rings. The third kappa shape index (κ3) is 4.90. The number of nitrogens with two attached hydrogens (primary N) is 1. The standard InChI is InChI=1S/C15H29N3O.ClH/c1-2-6-14(16)15(19)18-10-7-13(12-18)11-17-8-4-3-5-9-17;/h13-14H,2-12,16H2,1H3;1H. The number of carbonyl (C=O) groups excluding carboxylic acids is 1. The highest BCUT2D eigenvalue weighted by atomic mass is 35.5. The van der Waals surface area contributed by atoms with Crippen LogP contribution in [0.15, 0.2) is 0 Å². The number of carbonyl (C=O) groups is 1. The van der Waals surface area contributed by atoms with Gasteiger partial charge >= 0.3 is 0 Å². The lowest BCUT2D eigenvalue weighted by molar-refractivity contribution is -0.131. The van der Waals surface area contributed by atoms with E-state index in [1.165, 1.54) is 38.9 Å². The molecule has 0 bridgehead atoms.